The average Bonchev–Trinajstić information content (AvgIpc) is 3.20. The van der Waals surface area contributed by atoms with Crippen LogP contribution in [-0.2, 0) is 4.74 Å². The molecule has 1 aromatic rings. The maximum Gasteiger partial charge on any atom is 0.353 e. The number of unbranched alkanes of at least 4 members (excludes halogenated alkanes) is 3. The quantitative estimate of drug-likeness (QED) is 0.507. The van der Waals surface area contributed by atoms with Gasteiger partial charge in [-0.15, -0.1) is 11.3 Å². The van der Waals surface area contributed by atoms with Gasteiger partial charge in [0, 0.05) is 5.92 Å². The predicted molar refractivity (Wildman–Crippen MR) is 79.7 cm³/mol. The van der Waals surface area contributed by atoms with Gasteiger partial charge < -0.3 is 9.47 Å². The second-order valence-electron chi connectivity index (χ2n) is 5.09. The number of ether oxygens (including phenoxy) is 2. The standard InChI is InChI=1S/C15H23NO3S/c1-3-5-6-7-10-19-13-12(15(17)18-4-2)20-14(16-13)11-8-9-11/h11H,3-10H2,1-2H3. The number of esters is 1. The van der Waals surface area contributed by atoms with Crippen molar-refractivity contribution in [3.05, 3.63) is 9.88 Å². The summed E-state index contributed by atoms with van der Waals surface area (Å²) in [7, 11) is 0. The Morgan fingerprint density at radius 1 is 1.30 bits per heavy atom. The lowest BCUT2D eigenvalue weighted by Gasteiger charge is -2.05. The van der Waals surface area contributed by atoms with Crippen LogP contribution >= 0.6 is 11.3 Å². The summed E-state index contributed by atoms with van der Waals surface area (Å²) in [4.78, 5) is 16.9. The van der Waals surface area contributed by atoms with Crippen LogP contribution in [0, 0.1) is 0 Å². The molecule has 0 amide bonds. The van der Waals surface area contributed by atoms with E-state index in [1.54, 1.807) is 0 Å². The monoisotopic (exact) mass is 297 g/mol. The molecule has 1 heterocycles. The second kappa shape index (κ2) is 7.62. The third-order valence-electron chi connectivity index (χ3n) is 3.24. The largest absolute Gasteiger partial charge is 0.476 e. The first-order valence-corrected chi connectivity index (χ1v) is 8.38. The molecule has 0 unspecified atom stereocenters. The number of hydrogen-bond acceptors (Lipinski definition) is 5. The van der Waals surface area contributed by atoms with Gasteiger partial charge in [-0.05, 0) is 26.2 Å². The van der Waals surface area contributed by atoms with Crippen molar-refractivity contribution in [1.82, 2.24) is 4.98 Å². The molecule has 0 N–H and O–H groups in total. The minimum absolute atomic E-state index is 0.305. The lowest BCUT2D eigenvalue weighted by molar-refractivity contribution is 0.0527. The highest BCUT2D eigenvalue weighted by atomic mass is 32.1. The minimum Gasteiger partial charge on any atom is -0.476 e. The van der Waals surface area contributed by atoms with Crippen molar-refractivity contribution in [3.8, 4) is 5.88 Å². The first-order valence-electron chi connectivity index (χ1n) is 7.56. The molecule has 5 heteroatoms. The summed E-state index contributed by atoms with van der Waals surface area (Å²) in [6.45, 7) is 5.00. The van der Waals surface area contributed by atoms with Gasteiger partial charge in [0.25, 0.3) is 0 Å². The summed E-state index contributed by atoms with van der Waals surface area (Å²) < 4.78 is 10.8. The third kappa shape index (κ3) is 4.20. The van der Waals surface area contributed by atoms with E-state index in [2.05, 4.69) is 11.9 Å². The van der Waals surface area contributed by atoms with E-state index in [-0.39, 0.29) is 5.97 Å². The van der Waals surface area contributed by atoms with Crippen LogP contribution in [-0.4, -0.2) is 24.2 Å². The zero-order valence-electron chi connectivity index (χ0n) is 12.3. The average molecular weight is 297 g/mol. The van der Waals surface area contributed by atoms with E-state index < -0.39 is 0 Å². The SMILES string of the molecule is CCCCCCOc1nc(C2CC2)sc1C(=O)OCC. The van der Waals surface area contributed by atoms with Crippen molar-refractivity contribution in [2.45, 2.75) is 58.3 Å². The van der Waals surface area contributed by atoms with Gasteiger partial charge >= 0.3 is 5.97 Å². The Balaban J connectivity index is 1.95. The molecule has 0 aliphatic heterocycles. The third-order valence-corrected chi connectivity index (χ3v) is 4.42. The zero-order chi connectivity index (χ0) is 14.4. The molecule has 112 valence electrons. The van der Waals surface area contributed by atoms with Crippen LogP contribution in [0.2, 0.25) is 0 Å². The molecule has 1 saturated carbocycles. The molecular formula is C15H23NO3S. The Bertz CT molecular complexity index is 440. The first-order chi connectivity index (χ1) is 9.76. The fourth-order valence-corrected chi connectivity index (χ4v) is 3.02. The molecule has 20 heavy (non-hydrogen) atoms. The molecule has 0 radical (unpaired) electrons. The topological polar surface area (TPSA) is 48.4 Å². The Labute approximate surface area is 124 Å². The van der Waals surface area contributed by atoms with Gasteiger partial charge in [0.1, 0.15) is 5.01 Å². The van der Waals surface area contributed by atoms with Crippen LogP contribution in [0.15, 0.2) is 0 Å². The van der Waals surface area contributed by atoms with Crippen LogP contribution in [0.3, 0.4) is 0 Å². The number of aromatic nitrogens is 1. The van der Waals surface area contributed by atoms with E-state index in [0.29, 0.717) is 29.9 Å². The zero-order valence-corrected chi connectivity index (χ0v) is 13.1. The van der Waals surface area contributed by atoms with Gasteiger partial charge in [0.15, 0.2) is 4.88 Å². The molecule has 1 fully saturated rings. The molecule has 1 aromatic heterocycles. The summed E-state index contributed by atoms with van der Waals surface area (Å²) in [5.74, 6) is 0.706. The van der Waals surface area contributed by atoms with Crippen LogP contribution in [0.1, 0.15) is 73.0 Å². The van der Waals surface area contributed by atoms with Gasteiger partial charge in [-0.3, -0.25) is 0 Å². The molecule has 0 atom stereocenters. The Kier molecular flexibility index (Phi) is 5.83. The lowest BCUT2D eigenvalue weighted by Crippen LogP contribution is -2.06. The maximum absolute atomic E-state index is 11.9. The van der Waals surface area contributed by atoms with Crippen LogP contribution in [0.25, 0.3) is 0 Å². The molecule has 1 aliphatic rings. The number of rotatable bonds is 9. The molecule has 0 saturated heterocycles. The highest BCUT2D eigenvalue weighted by molar-refractivity contribution is 7.14. The maximum atomic E-state index is 11.9. The molecule has 0 bridgehead atoms. The van der Waals surface area contributed by atoms with Gasteiger partial charge in [-0.2, -0.15) is 0 Å². The first kappa shape index (κ1) is 15.3. The van der Waals surface area contributed by atoms with E-state index in [0.717, 1.165) is 17.8 Å². The van der Waals surface area contributed by atoms with Gasteiger partial charge in [-0.1, -0.05) is 26.2 Å². The Morgan fingerprint density at radius 3 is 2.75 bits per heavy atom. The number of carbonyl (C=O) groups excluding carboxylic acids is 1. The van der Waals surface area contributed by atoms with E-state index in [9.17, 15) is 4.79 Å². The number of hydrogen-bond donors (Lipinski definition) is 0. The summed E-state index contributed by atoms with van der Waals surface area (Å²) >= 11 is 1.44. The molecular weight excluding hydrogens is 274 g/mol. The molecule has 2 rings (SSSR count). The van der Waals surface area contributed by atoms with Crippen LogP contribution in [0.5, 0.6) is 5.88 Å². The second-order valence-corrected chi connectivity index (χ2v) is 6.12. The van der Waals surface area contributed by atoms with Crippen LogP contribution < -0.4 is 4.74 Å². The number of carbonyl (C=O) groups is 1. The van der Waals surface area contributed by atoms with Crippen molar-refractivity contribution >= 4 is 17.3 Å². The molecule has 4 nitrogen and oxygen atoms in total. The summed E-state index contributed by atoms with van der Waals surface area (Å²) in [5, 5.41) is 1.02. The van der Waals surface area contributed by atoms with Crippen molar-refractivity contribution in [2.75, 3.05) is 13.2 Å². The van der Waals surface area contributed by atoms with Gasteiger partial charge in [0.2, 0.25) is 5.88 Å². The van der Waals surface area contributed by atoms with Crippen molar-refractivity contribution in [2.24, 2.45) is 0 Å². The van der Waals surface area contributed by atoms with Gasteiger partial charge in [-0.25, -0.2) is 9.78 Å². The van der Waals surface area contributed by atoms with Crippen molar-refractivity contribution in [3.63, 3.8) is 0 Å². The highest BCUT2D eigenvalue weighted by Crippen LogP contribution is 2.44. The summed E-state index contributed by atoms with van der Waals surface area (Å²) in [5.41, 5.74) is 0. The highest BCUT2D eigenvalue weighted by Gasteiger charge is 2.31. The summed E-state index contributed by atoms with van der Waals surface area (Å²) in [6, 6.07) is 0. The van der Waals surface area contributed by atoms with E-state index in [4.69, 9.17) is 9.47 Å². The summed E-state index contributed by atoms with van der Waals surface area (Å²) in [6.07, 6.45) is 6.93. The van der Waals surface area contributed by atoms with E-state index in [1.165, 1.54) is 37.0 Å². The molecule has 0 aromatic carbocycles. The van der Waals surface area contributed by atoms with Gasteiger partial charge in [0.05, 0.1) is 13.2 Å². The molecule has 0 spiro atoms. The molecule has 1 aliphatic carbocycles. The Morgan fingerprint density at radius 2 is 2.10 bits per heavy atom. The minimum atomic E-state index is -0.305. The number of nitrogens with zero attached hydrogens (tertiary/aromatic N) is 1. The predicted octanol–water partition coefficient (Wildman–Crippen LogP) is 4.16. The lowest BCUT2D eigenvalue weighted by atomic mass is 10.2. The smallest absolute Gasteiger partial charge is 0.353 e. The van der Waals surface area contributed by atoms with Crippen molar-refractivity contribution in [1.29, 1.82) is 0 Å². The van der Waals surface area contributed by atoms with Crippen LogP contribution in [0.4, 0.5) is 0 Å². The normalized spacial score (nSPS) is 14.3. The fourth-order valence-electron chi connectivity index (χ4n) is 1.95. The number of thiazole rings is 1. The van der Waals surface area contributed by atoms with Crippen molar-refractivity contribution < 1.29 is 14.3 Å². The van der Waals surface area contributed by atoms with E-state index in [1.807, 2.05) is 6.92 Å². The van der Waals surface area contributed by atoms with E-state index >= 15 is 0 Å². The Hall–Kier alpha value is -1.10. The fraction of sp³-hybridized carbons (Fsp3) is 0.733.